The number of aliphatic hydroxyl groups is 1. The van der Waals surface area contributed by atoms with Crippen molar-refractivity contribution in [3.8, 4) is 0 Å². The summed E-state index contributed by atoms with van der Waals surface area (Å²) in [5, 5.41) is 12.9. The van der Waals surface area contributed by atoms with Crippen LogP contribution in [0.4, 0.5) is 4.39 Å². The molecule has 0 spiro atoms. The number of hydrogen-bond donors (Lipinski definition) is 2. The monoisotopic (exact) mass is 255 g/mol. The van der Waals surface area contributed by atoms with Crippen molar-refractivity contribution in [2.45, 2.75) is 39.0 Å². The predicted molar refractivity (Wildman–Crippen MR) is 69.9 cm³/mol. The van der Waals surface area contributed by atoms with Gasteiger partial charge in [-0.05, 0) is 38.5 Å². The highest BCUT2D eigenvalue weighted by Gasteiger charge is 2.09. The Morgan fingerprint density at radius 2 is 1.83 bits per heavy atom. The van der Waals surface area contributed by atoms with E-state index < -0.39 is 6.10 Å². The highest BCUT2D eigenvalue weighted by atomic mass is 19.1. The molecule has 2 N–H and O–H groups in total. The molecule has 3 nitrogen and oxygen atoms in total. The first-order valence-corrected chi connectivity index (χ1v) is 6.27. The zero-order valence-corrected chi connectivity index (χ0v) is 11.2. The van der Waals surface area contributed by atoms with Crippen LogP contribution in [0.1, 0.15) is 32.4 Å². The zero-order valence-electron chi connectivity index (χ0n) is 11.2. The van der Waals surface area contributed by atoms with Gasteiger partial charge >= 0.3 is 0 Å². The van der Waals surface area contributed by atoms with Gasteiger partial charge in [-0.25, -0.2) is 4.39 Å². The molecule has 2 unspecified atom stereocenters. The number of hydrogen-bond acceptors (Lipinski definition) is 3. The molecule has 0 aliphatic heterocycles. The van der Waals surface area contributed by atoms with Crippen molar-refractivity contribution in [1.82, 2.24) is 5.32 Å². The van der Waals surface area contributed by atoms with Crippen molar-refractivity contribution in [2.75, 3.05) is 13.2 Å². The summed E-state index contributed by atoms with van der Waals surface area (Å²) in [6.45, 7) is 6.61. The summed E-state index contributed by atoms with van der Waals surface area (Å²) in [7, 11) is 0. The summed E-state index contributed by atoms with van der Waals surface area (Å²) in [6, 6.07) is 6.42. The van der Waals surface area contributed by atoms with E-state index in [0.29, 0.717) is 13.2 Å². The second kappa shape index (κ2) is 7.46. The molecule has 102 valence electrons. The van der Waals surface area contributed by atoms with E-state index in [0.717, 1.165) is 5.56 Å². The molecule has 1 aromatic rings. The molecule has 0 heterocycles. The summed E-state index contributed by atoms with van der Waals surface area (Å²) in [5.41, 5.74) is 0.994. The zero-order chi connectivity index (χ0) is 13.5. The smallest absolute Gasteiger partial charge is 0.123 e. The molecule has 0 fully saturated rings. The quantitative estimate of drug-likeness (QED) is 0.785. The summed E-state index contributed by atoms with van der Waals surface area (Å²) in [5.74, 6) is -0.240. The van der Waals surface area contributed by atoms with Gasteiger partial charge in [0, 0.05) is 12.6 Å². The molecular formula is C14H22FNO2. The maximum Gasteiger partial charge on any atom is 0.123 e. The summed E-state index contributed by atoms with van der Waals surface area (Å²) < 4.78 is 18.1. The first-order valence-electron chi connectivity index (χ1n) is 6.27. The van der Waals surface area contributed by atoms with Gasteiger partial charge in [-0.2, -0.15) is 0 Å². The molecular weight excluding hydrogens is 233 g/mol. The molecule has 0 amide bonds. The van der Waals surface area contributed by atoms with E-state index in [-0.39, 0.29) is 18.0 Å². The van der Waals surface area contributed by atoms with E-state index in [1.165, 1.54) is 12.1 Å². The SMILES string of the molecule is CC(C)OCC(O)CNC(C)c1ccc(F)cc1. The molecule has 0 saturated carbocycles. The minimum Gasteiger partial charge on any atom is -0.389 e. The lowest BCUT2D eigenvalue weighted by atomic mass is 10.1. The lowest BCUT2D eigenvalue weighted by Crippen LogP contribution is -2.32. The molecule has 0 radical (unpaired) electrons. The van der Waals surface area contributed by atoms with E-state index in [9.17, 15) is 9.50 Å². The van der Waals surface area contributed by atoms with Crippen LogP contribution < -0.4 is 5.32 Å². The standard InChI is InChI=1S/C14H22FNO2/c1-10(2)18-9-14(17)8-16-11(3)12-4-6-13(15)7-5-12/h4-7,10-11,14,16-17H,8-9H2,1-3H3. The van der Waals surface area contributed by atoms with Gasteiger partial charge in [0.15, 0.2) is 0 Å². The lowest BCUT2D eigenvalue weighted by molar-refractivity contribution is 0.00560. The van der Waals surface area contributed by atoms with Gasteiger partial charge < -0.3 is 15.2 Å². The fraction of sp³-hybridized carbons (Fsp3) is 0.571. The van der Waals surface area contributed by atoms with E-state index in [1.807, 2.05) is 20.8 Å². The predicted octanol–water partition coefficient (Wildman–Crippen LogP) is 2.26. The minimum absolute atomic E-state index is 0.0688. The Morgan fingerprint density at radius 3 is 2.39 bits per heavy atom. The van der Waals surface area contributed by atoms with Gasteiger partial charge in [0.2, 0.25) is 0 Å². The van der Waals surface area contributed by atoms with E-state index in [2.05, 4.69) is 5.32 Å². The Morgan fingerprint density at radius 1 is 1.22 bits per heavy atom. The van der Waals surface area contributed by atoms with E-state index >= 15 is 0 Å². The number of aliphatic hydroxyl groups excluding tert-OH is 1. The second-order valence-corrected chi connectivity index (χ2v) is 4.72. The Balaban J connectivity index is 2.32. The first kappa shape index (κ1) is 15.1. The topological polar surface area (TPSA) is 41.5 Å². The van der Waals surface area contributed by atoms with Crippen LogP contribution in [0.25, 0.3) is 0 Å². The number of ether oxygens (including phenoxy) is 1. The molecule has 2 atom stereocenters. The molecule has 0 bridgehead atoms. The van der Waals surface area contributed by atoms with Gasteiger partial charge in [0.05, 0.1) is 18.8 Å². The van der Waals surface area contributed by atoms with Crippen molar-refractivity contribution in [2.24, 2.45) is 0 Å². The Bertz CT molecular complexity index is 340. The normalized spacial score (nSPS) is 14.8. The second-order valence-electron chi connectivity index (χ2n) is 4.72. The fourth-order valence-corrected chi connectivity index (χ4v) is 1.54. The fourth-order valence-electron chi connectivity index (χ4n) is 1.54. The molecule has 0 aliphatic rings. The lowest BCUT2D eigenvalue weighted by Gasteiger charge is -2.18. The van der Waals surface area contributed by atoms with Gasteiger partial charge in [-0.3, -0.25) is 0 Å². The maximum atomic E-state index is 12.8. The van der Waals surface area contributed by atoms with Crippen LogP contribution in [-0.2, 0) is 4.74 Å². The van der Waals surface area contributed by atoms with Crippen LogP contribution in [0, 0.1) is 5.82 Å². The van der Waals surface area contributed by atoms with Crippen molar-refractivity contribution in [1.29, 1.82) is 0 Å². The van der Waals surface area contributed by atoms with Gasteiger partial charge in [0.25, 0.3) is 0 Å². The molecule has 0 aromatic heterocycles. The minimum atomic E-state index is -0.532. The van der Waals surface area contributed by atoms with E-state index in [4.69, 9.17) is 4.74 Å². The third-order valence-corrected chi connectivity index (χ3v) is 2.65. The number of benzene rings is 1. The van der Waals surface area contributed by atoms with Crippen molar-refractivity contribution >= 4 is 0 Å². The summed E-state index contributed by atoms with van der Waals surface area (Å²) in [6.07, 6.45) is -0.413. The van der Waals surface area contributed by atoms with Gasteiger partial charge in [-0.1, -0.05) is 12.1 Å². The first-order chi connectivity index (χ1) is 8.49. The number of rotatable bonds is 7. The van der Waals surface area contributed by atoms with Crippen LogP contribution in [0.2, 0.25) is 0 Å². The van der Waals surface area contributed by atoms with Crippen LogP contribution >= 0.6 is 0 Å². The molecule has 4 heteroatoms. The highest BCUT2D eigenvalue weighted by Crippen LogP contribution is 2.12. The van der Waals surface area contributed by atoms with Crippen LogP contribution in [0.15, 0.2) is 24.3 Å². The highest BCUT2D eigenvalue weighted by molar-refractivity contribution is 5.19. The van der Waals surface area contributed by atoms with E-state index in [1.54, 1.807) is 12.1 Å². The summed E-state index contributed by atoms with van der Waals surface area (Å²) in [4.78, 5) is 0. The number of halogens is 1. The van der Waals surface area contributed by atoms with Crippen LogP contribution in [0.3, 0.4) is 0 Å². The van der Waals surface area contributed by atoms with Crippen LogP contribution in [0.5, 0.6) is 0 Å². The average molecular weight is 255 g/mol. The maximum absolute atomic E-state index is 12.8. The molecule has 0 aliphatic carbocycles. The third-order valence-electron chi connectivity index (χ3n) is 2.65. The molecule has 1 aromatic carbocycles. The number of nitrogens with one attached hydrogen (secondary N) is 1. The Hall–Kier alpha value is -0.970. The van der Waals surface area contributed by atoms with Crippen LogP contribution in [-0.4, -0.2) is 30.5 Å². The third kappa shape index (κ3) is 5.58. The Labute approximate surface area is 108 Å². The molecule has 0 saturated heterocycles. The Kier molecular flexibility index (Phi) is 6.25. The largest absolute Gasteiger partial charge is 0.389 e. The van der Waals surface area contributed by atoms with Crippen molar-refractivity contribution in [3.05, 3.63) is 35.6 Å². The van der Waals surface area contributed by atoms with Crippen molar-refractivity contribution < 1.29 is 14.2 Å². The summed E-state index contributed by atoms with van der Waals surface area (Å²) >= 11 is 0. The average Bonchev–Trinajstić information content (AvgIpc) is 2.34. The van der Waals surface area contributed by atoms with Gasteiger partial charge in [-0.15, -0.1) is 0 Å². The molecule has 18 heavy (non-hydrogen) atoms. The van der Waals surface area contributed by atoms with Crippen molar-refractivity contribution in [3.63, 3.8) is 0 Å². The molecule has 1 rings (SSSR count). The van der Waals surface area contributed by atoms with Gasteiger partial charge in [0.1, 0.15) is 5.82 Å².